The molecule has 26 heavy (non-hydrogen) atoms. The first kappa shape index (κ1) is 18.4. The Labute approximate surface area is 157 Å². The number of para-hydroxylation sites is 1. The number of allylic oxidation sites excluding steroid dienone is 1. The van der Waals surface area contributed by atoms with Gasteiger partial charge in [-0.1, -0.05) is 18.2 Å². The SMILES string of the molecule is C=CCc1cccc(/C=N/c2sc3c(c2C(=O)OCC)CCCC3)c1O. The molecule has 0 fully saturated rings. The van der Waals surface area contributed by atoms with Gasteiger partial charge in [0.1, 0.15) is 10.8 Å². The van der Waals surface area contributed by atoms with Gasteiger partial charge in [0.25, 0.3) is 0 Å². The fourth-order valence-corrected chi connectivity index (χ4v) is 4.44. The van der Waals surface area contributed by atoms with Gasteiger partial charge in [-0.15, -0.1) is 17.9 Å². The van der Waals surface area contributed by atoms with Crippen LogP contribution in [0.5, 0.6) is 5.75 Å². The van der Waals surface area contributed by atoms with Crippen LogP contribution in [0.3, 0.4) is 0 Å². The quantitative estimate of drug-likeness (QED) is 0.443. The van der Waals surface area contributed by atoms with Crippen molar-refractivity contribution in [3.8, 4) is 5.75 Å². The number of thiophene rings is 1. The molecule has 0 saturated carbocycles. The molecule has 0 amide bonds. The maximum atomic E-state index is 12.5. The first-order chi connectivity index (χ1) is 12.7. The highest BCUT2D eigenvalue weighted by molar-refractivity contribution is 7.16. The highest BCUT2D eigenvalue weighted by atomic mass is 32.1. The Morgan fingerprint density at radius 3 is 2.96 bits per heavy atom. The molecule has 136 valence electrons. The molecule has 0 bridgehead atoms. The maximum Gasteiger partial charge on any atom is 0.341 e. The van der Waals surface area contributed by atoms with E-state index in [1.54, 1.807) is 23.6 Å². The summed E-state index contributed by atoms with van der Waals surface area (Å²) in [6.45, 7) is 5.86. The average molecular weight is 369 g/mol. The van der Waals surface area contributed by atoms with Crippen LogP contribution in [0, 0.1) is 0 Å². The number of rotatable bonds is 6. The maximum absolute atomic E-state index is 12.5. The van der Waals surface area contributed by atoms with Gasteiger partial charge in [-0.2, -0.15) is 0 Å². The van der Waals surface area contributed by atoms with Crippen LogP contribution in [-0.4, -0.2) is 23.9 Å². The van der Waals surface area contributed by atoms with E-state index in [0.29, 0.717) is 29.2 Å². The van der Waals surface area contributed by atoms with Gasteiger partial charge in [0.15, 0.2) is 0 Å². The normalized spacial score (nSPS) is 13.6. The van der Waals surface area contributed by atoms with Crippen molar-refractivity contribution >= 4 is 28.5 Å². The van der Waals surface area contributed by atoms with Crippen molar-refractivity contribution in [2.75, 3.05) is 6.61 Å². The van der Waals surface area contributed by atoms with E-state index < -0.39 is 0 Å². The monoisotopic (exact) mass is 369 g/mol. The number of phenolic OH excluding ortho intramolecular Hbond substituents is 1. The number of aliphatic imine (C=N–C) groups is 1. The number of nitrogens with zero attached hydrogens (tertiary/aromatic N) is 1. The van der Waals surface area contributed by atoms with Gasteiger partial charge >= 0.3 is 5.97 Å². The molecule has 0 saturated heterocycles. The highest BCUT2D eigenvalue weighted by Gasteiger charge is 2.26. The predicted octanol–water partition coefficient (Wildman–Crippen LogP) is 4.99. The Bertz CT molecular complexity index is 851. The number of phenols is 1. The second-order valence-electron chi connectivity index (χ2n) is 6.22. The van der Waals surface area contributed by atoms with Crippen LogP contribution in [0.4, 0.5) is 5.00 Å². The predicted molar refractivity (Wildman–Crippen MR) is 106 cm³/mol. The third kappa shape index (κ3) is 3.73. The number of hydrogen-bond donors (Lipinski definition) is 1. The molecule has 3 rings (SSSR count). The number of aromatic hydroxyl groups is 1. The topological polar surface area (TPSA) is 58.9 Å². The van der Waals surface area contributed by atoms with Gasteiger partial charge < -0.3 is 9.84 Å². The molecular formula is C21H23NO3S. The summed E-state index contributed by atoms with van der Waals surface area (Å²) in [5, 5.41) is 11.1. The van der Waals surface area contributed by atoms with Crippen LogP contribution in [0.25, 0.3) is 0 Å². The molecule has 1 aliphatic carbocycles. The number of ether oxygens (including phenoxy) is 1. The lowest BCUT2D eigenvalue weighted by Gasteiger charge is -2.11. The van der Waals surface area contributed by atoms with Crippen molar-refractivity contribution in [2.45, 2.75) is 39.0 Å². The molecule has 1 aliphatic rings. The number of hydrogen-bond acceptors (Lipinski definition) is 5. The van der Waals surface area contributed by atoms with E-state index in [4.69, 9.17) is 4.74 Å². The Kier molecular flexibility index (Phi) is 5.89. The summed E-state index contributed by atoms with van der Waals surface area (Å²) in [4.78, 5) is 18.3. The number of esters is 1. The highest BCUT2D eigenvalue weighted by Crippen LogP contribution is 2.40. The zero-order chi connectivity index (χ0) is 18.5. The number of benzene rings is 1. The van der Waals surface area contributed by atoms with E-state index in [-0.39, 0.29) is 11.7 Å². The fourth-order valence-electron chi connectivity index (χ4n) is 3.22. The van der Waals surface area contributed by atoms with Crippen molar-refractivity contribution < 1.29 is 14.6 Å². The Balaban J connectivity index is 1.98. The summed E-state index contributed by atoms with van der Waals surface area (Å²) in [5.74, 6) is -0.0983. The lowest BCUT2D eigenvalue weighted by atomic mass is 9.95. The Morgan fingerprint density at radius 2 is 2.19 bits per heavy atom. The molecule has 0 aliphatic heterocycles. The first-order valence-corrected chi connectivity index (χ1v) is 9.74. The van der Waals surface area contributed by atoms with Gasteiger partial charge in [-0.3, -0.25) is 0 Å². The largest absolute Gasteiger partial charge is 0.507 e. The lowest BCUT2D eigenvalue weighted by Crippen LogP contribution is -2.09. The Morgan fingerprint density at radius 1 is 1.38 bits per heavy atom. The number of aryl methyl sites for hydroxylation is 1. The third-order valence-electron chi connectivity index (χ3n) is 4.47. The molecule has 1 heterocycles. The molecule has 1 aromatic heterocycles. The van der Waals surface area contributed by atoms with E-state index in [1.807, 2.05) is 25.1 Å². The standard InChI is InChI=1S/C21H23NO3S/c1-3-8-14-9-7-10-15(19(14)23)13-22-20-18(21(24)25-4-2)16-11-5-6-12-17(16)26-20/h3,7,9-10,13,23H,1,4-6,8,11-12H2,2H3/b22-13+. The summed E-state index contributed by atoms with van der Waals surface area (Å²) in [6, 6.07) is 5.55. The second kappa shape index (κ2) is 8.32. The fraction of sp³-hybridized carbons (Fsp3) is 0.333. The second-order valence-corrected chi connectivity index (χ2v) is 7.30. The molecule has 4 nitrogen and oxygen atoms in total. The van der Waals surface area contributed by atoms with Gasteiger partial charge in [0.05, 0.1) is 12.2 Å². The van der Waals surface area contributed by atoms with Crippen molar-refractivity contribution in [2.24, 2.45) is 4.99 Å². The van der Waals surface area contributed by atoms with Crippen molar-refractivity contribution in [3.63, 3.8) is 0 Å². The summed E-state index contributed by atoms with van der Waals surface area (Å²) >= 11 is 1.56. The van der Waals surface area contributed by atoms with Crippen molar-refractivity contribution in [1.29, 1.82) is 0 Å². The lowest BCUT2D eigenvalue weighted by molar-refractivity contribution is 0.0526. The average Bonchev–Trinajstić information content (AvgIpc) is 3.01. The van der Waals surface area contributed by atoms with E-state index in [0.717, 1.165) is 36.8 Å². The van der Waals surface area contributed by atoms with Gasteiger partial charge in [0, 0.05) is 16.7 Å². The van der Waals surface area contributed by atoms with E-state index in [9.17, 15) is 9.90 Å². The summed E-state index contributed by atoms with van der Waals surface area (Å²) in [7, 11) is 0. The zero-order valence-corrected chi connectivity index (χ0v) is 15.8. The van der Waals surface area contributed by atoms with Crippen LogP contribution >= 0.6 is 11.3 Å². The van der Waals surface area contributed by atoms with Crippen molar-refractivity contribution in [3.05, 3.63) is 58.0 Å². The van der Waals surface area contributed by atoms with E-state index >= 15 is 0 Å². The van der Waals surface area contributed by atoms with Gasteiger partial charge in [0.2, 0.25) is 0 Å². The number of carbonyl (C=O) groups is 1. The zero-order valence-electron chi connectivity index (χ0n) is 15.0. The molecule has 0 spiro atoms. The van der Waals surface area contributed by atoms with Crippen LogP contribution in [0.1, 0.15) is 51.7 Å². The molecule has 0 radical (unpaired) electrons. The molecule has 0 atom stereocenters. The van der Waals surface area contributed by atoms with E-state index in [2.05, 4.69) is 11.6 Å². The van der Waals surface area contributed by atoms with Crippen LogP contribution in [0.15, 0.2) is 35.8 Å². The summed E-state index contributed by atoms with van der Waals surface area (Å²) in [5.41, 5.74) is 3.13. The molecule has 2 aromatic rings. The number of fused-ring (bicyclic) bond motifs is 1. The minimum Gasteiger partial charge on any atom is -0.507 e. The summed E-state index contributed by atoms with van der Waals surface area (Å²) < 4.78 is 5.25. The summed E-state index contributed by atoms with van der Waals surface area (Å²) in [6.07, 6.45) is 8.09. The van der Waals surface area contributed by atoms with Crippen molar-refractivity contribution in [1.82, 2.24) is 0 Å². The van der Waals surface area contributed by atoms with Crippen LogP contribution < -0.4 is 0 Å². The molecule has 5 heteroatoms. The molecular weight excluding hydrogens is 346 g/mol. The third-order valence-corrected chi connectivity index (χ3v) is 5.67. The van der Waals surface area contributed by atoms with Crippen LogP contribution in [-0.2, 0) is 24.0 Å². The molecule has 1 N–H and O–H groups in total. The molecule has 1 aromatic carbocycles. The minimum absolute atomic E-state index is 0.204. The molecule has 0 unspecified atom stereocenters. The smallest absolute Gasteiger partial charge is 0.341 e. The van der Waals surface area contributed by atoms with Gasteiger partial charge in [-0.25, -0.2) is 9.79 Å². The minimum atomic E-state index is -0.302. The van der Waals surface area contributed by atoms with Crippen LogP contribution in [0.2, 0.25) is 0 Å². The van der Waals surface area contributed by atoms with Gasteiger partial charge in [-0.05, 0) is 56.2 Å². The van der Waals surface area contributed by atoms with E-state index in [1.165, 1.54) is 4.88 Å². The first-order valence-electron chi connectivity index (χ1n) is 8.93. The Hall–Kier alpha value is -2.40. The number of carbonyl (C=O) groups excluding carboxylic acids is 1.